The second-order valence-corrected chi connectivity index (χ2v) is 10.9. The lowest BCUT2D eigenvalue weighted by Gasteiger charge is -2.42. The van der Waals surface area contributed by atoms with E-state index in [1.165, 1.54) is 4.90 Å². The molecule has 6 rings (SSSR count). The zero-order valence-corrected chi connectivity index (χ0v) is 22.3. The fourth-order valence-electron chi connectivity index (χ4n) is 6.45. The number of hydrogen-bond acceptors (Lipinski definition) is 5. The molecule has 2 heterocycles. The summed E-state index contributed by atoms with van der Waals surface area (Å²) in [5.74, 6) is -2.12. The minimum Gasteiger partial charge on any atom is -0.461 e. The van der Waals surface area contributed by atoms with Crippen molar-refractivity contribution in [2.24, 2.45) is 11.8 Å². The molecule has 204 valence electrons. The molecule has 0 unspecified atom stereocenters. The average Bonchev–Trinajstić information content (AvgIpc) is 3.25. The SMILES string of the molecule is O=C(OCc1ccccc1)[C@H]1CCCC[C@H]1C(=O)N1CCc2ccccc2[C@H]1CN1C(=O)c2ccccc2C1=O. The summed E-state index contributed by atoms with van der Waals surface area (Å²) in [7, 11) is 0. The smallest absolute Gasteiger partial charge is 0.310 e. The van der Waals surface area contributed by atoms with Crippen molar-refractivity contribution in [2.45, 2.75) is 44.8 Å². The maximum atomic E-state index is 14.2. The summed E-state index contributed by atoms with van der Waals surface area (Å²) < 4.78 is 5.68. The monoisotopic (exact) mass is 536 g/mol. The van der Waals surface area contributed by atoms with Gasteiger partial charge in [-0.05, 0) is 48.1 Å². The van der Waals surface area contributed by atoms with Crippen LogP contribution in [0.5, 0.6) is 0 Å². The summed E-state index contributed by atoms with van der Waals surface area (Å²) in [6.07, 6.45) is 3.64. The van der Waals surface area contributed by atoms with Crippen molar-refractivity contribution in [3.63, 3.8) is 0 Å². The number of hydrogen-bond donors (Lipinski definition) is 0. The summed E-state index contributed by atoms with van der Waals surface area (Å²) >= 11 is 0. The highest BCUT2D eigenvalue weighted by Gasteiger charge is 2.44. The summed E-state index contributed by atoms with van der Waals surface area (Å²) in [5.41, 5.74) is 3.74. The van der Waals surface area contributed by atoms with E-state index in [1.807, 2.05) is 54.6 Å². The molecular weight excluding hydrogens is 504 g/mol. The number of benzene rings is 3. The van der Waals surface area contributed by atoms with Gasteiger partial charge in [-0.2, -0.15) is 0 Å². The molecule has 1 aliphatic carbocycles. The Bertz CT molecular complexity index is 1420. The number of ether oxygens (including phenoxy) is 1. The van der Waals surface area contributed by atoms with Crippen molar-refractivity contribution in [1.29, 1.82) is 0 Å². The van der Waals surface area contributed by atoms with E-state index in [9.17, 15) is 19.2 Å². The van der Waals surface area contributed by atoms with E-state index in [0.29, 0.717) is 36.9 Å². The maximum Gasteiger partial charge on any atom is 0.310 e. The number of nitrogens with zero attached hydrogens (tertiary/aromatic N) is 2. The van der Waals surface area contributed by atoms with E-state index in [4.69, 9.17) is 4.74 Å². The minimum atomic E-state index is -0.512. The van der Waals surface area contributed by atoms with Crippen LogP contribution in [0.2, 0.25) is 0 Å². The average molecular weight is 537 g/mol. The Kier molecular flexibility index (Phi) is 7.20. The molecule has 2 aliphatic heterocycles. The van der Waals surface area contributed by atoms with Gasteiger partial charge in [0.15, 0.2) is 0 Å². The van der Waals surface area contributed by atoms with Gasteiger partial charge in [0.2, 0.25) is 5.91 Å². The van der Waals surface area contributed by atoms with Crippen LogP contribution in [-0.2, 0) is 27.4 Å². The lowest BCUT2D eigenvalue weighted by atomic mass is 9.77. The quantitative estimate of drug-likeness (QED) is 0.329. The number of amides is 3. The van der Waals surface area contributed by atoms with E-state index < -0.39 is 17.9 Å². The number of carbonyl (C=O) groups excluding carboxylic acids is 4. The van der Waals surface area contributed by atoms with Gasteiger partial charge in [0.05, 0.1) is 35.5 Å². The predicted molar refractivity (Wildman–Crippen MR) is 148 cm³/mol. The van der Waals surface area contributed by atoms with Crippen LogP contribution < -0.4 is 0 Å². The second-order valence-electron chi connectivity index (χ2n) is 10.9. The number of fused-ring (bicyclic) bond motifs is 2. The first-order valence-electron chi connectivity index (χ1n) is 14.1. The zero-order valence-electron chi connectivity index (χ0n) is 22.3. The third kappa shape index (κ3) is 4.81. The van der Waals surface area contributed by atoms with E-state index >= 15 is 0 Å². The van der Waals surface area contributed by atoms with Gasteiger partial charge in [0.25, 0.3) is 11.8 Å². The molecular formula is C33H32N2O5. The molecule has 7 heteroatoms. The van der Waals surface area contributed by atoms with E-state index in [1.54, 1.807) is 29.2 Å². The fourth-order valence-corrected chi connectivity index (χ4v) is 6.45. The number of rotatable bonds is 6. The second kappa shape index (κ2) is 11.1. The molecule has 0 N–H and O–H groups in total. The molecule has 7 nitrogen and oxygen atoms in total. The Morgan fingerprint density at radius 1 is 0.775 bits per heavy atom. The third-order valence-corrected chi connectivity index (χ3v) is 8.54. The highest BCUT2D eigenvalue weighted by atomic mass is 16.5. The third-order valence-electron chi connectivity index (χ3n) is 8.54. The first-order valence-corrected chi connectivity index (χ1v) is 14.1. The molecule has 0 spiro atoms. The molecule has 3 aliphatic rings. The molecule has 3 aromatic carbocycles. The number of carbonyl (C=O) groups is 4. The van der Waals surface area contributed by atoms with Crippen molar-refractivity contribution < 1.29 is 23.9 Å². The Labute approximate surface area is 233 Å². The molecule has 1 saturated carbocycles. The molecule has 40 heavy (non-hydrogen) atoms. The summed E-state index contributed by atoms with van der Waals surface area (Å²) in [4.78, 5) is 57.1. The van der Waals surface area contributed by atoms with Crippen LogP contribution in [0.1, 0.15) is 69.1 Å². The van der Waals surface area contributed by atoms with Gasteiger partial charge in [-0.1, -0.05) is 79.6 Å². The largest absolute Gasteiger partial charge is 0.461 e. The van der Waals surface area contributed by atoms with Gasteiger partial charge in [-0.25, -0.2) is 0 Å². The van der Waals surface area contributed by atoms with Crippen molar-refractivity contribution in [2.75, 3.05) is 13.1 Å². The van der Waals surface area contributed by atoms with Gasteiger partial charge in [-0.15, -0.1) is 0 Å². The van der Waals surface area contributed by atoms with Gasteiger partial charge >= 0.3 is 5.97 Å². The highest BCUT2D eigenvalue weighted by Crippen LogP contribution is 2.38. The maximum absolute atomic E-state index is 14.2. The van der Waals surface area contributed by atoms with Crippen LogP contribution in [-0.4, -0.2) is 46.6 Å². The molecule has 0 radical (unpaired) electrons. The zero-order chi connectivity index (χ0) is 27.6. The molecule has 3 aromatic rings. The topological polar surface area (TPSA) is 84.0 Å². The van der Waals surface area contributed by atoms with Crippen LogP contribution in [0.3, 0.4) is 0 Å². The normalized spacial score (nSPS) is 22.1. The summed E-state index contributed by atoms with van der Waals surface area (Å²) in [6, 6.07) is 23.8. The van der Waals surface area contributed by atoms with Crippen molar-refractivity contribution in [3.8, 4) is 0 Å². The van der Waals surface area contributed by atoms with Crippen LogP contribution in [0, 0.1) is 11.8 Å². The molecule has 0 aromatic heterocycles. The van der Waals surface area contributed by atoms with Crippen molar-refractivity contribution in [1.82, 2.24) is 9.80 Å². The first-order chi connectivity index (χ1) is 19.5. The minimum absolute atomic E-state index is 0.0743. The van der Waals surface area contributed by atoms with E-state index in [0.717, 1.165) is 29.5 Å². The molecule has 0 saturated heterocycles. The Morgan fingerprint density at radius 2 is 1.40 bits per heavy atom. The highest BCUT2D eigenvalue weighted by molar-refractivity contribution is 6.21. The van der Waals surface area contributed by atoms with Crippen LogP contribution in [0.15, 0.2) is 78.9 Å². The first kappa shape index (κ1) is 26.0. The Morgan fingerprint density at radius 3 is 2.12 bits per heavy atom. The molecule has 3 atom stereocenters. The van der Waals surface area contributed by atoms with E-state index in [2.05, 4.69) is 0 Å². The number of imide groups is 1. The Hall–Kier alpha value is -4.26. The number of esters is 1. The lowest BCUT2D eigenvalue weighted by molar-refractivity contribution is -0.159. The lowest BCUT2D eigenvalue weighted by Crippen LogP contribution is -2.50. The van der Waals surface area contributed by atoms with E-state index in [-0.39, 0.29) is 36.8 Å². The van der Waals surface area contributed by atoms with Gasteiger partial charge in [-0.3, -0.25) is 24.1 Å². The Balaban J connectivity index is 1.25. The summed E-state index contributed by atoms with van der Waals surface area (Å²) in [5, 5.41) is 0. The van der Waals surface area contributed by atoms with Gasteiger partial charge in [0.1, 0.15) is 6.61 Å². The van der Waals surface area contributed by atoms with Crippen LogP contribution in [0.25, 0.3) is 0 Å². The summed E-state index contributed by atoms with van der Waals surface area (Å²) in [6.45, 7) is 0.716. The molecule has 1 fully saturated rings. The fraction of sp³-hybridized carbons (Fsp3) is 0.333. The molecule has 0 bridgehead atoms. The van der Waals surface area contributed by atoms with Crippen molar-refractivity contribution >= 4 is 23.7 Å². The molecule has 3 amide bonds. The van der Waals surface area contributed by atoms with Crippen LogP contribution in [0.4, 0.5) is 0 Å². The van der Waals surface area contributed by atoms with Gasteiger partial charge in [0, 0.05) is 6.54 Å². The predicted octanol–water partition coefficient (Wildman–Crippen LogP) is 4.96. The standard InChI is InChI=1S/C33H32N2O5/c36-30(27-16-8-9-17-28(27)33(39)40-21-22-10-2-1-3-11-22)34-19-18-23-12-4-5-13-24(23)29(34)20-35-31(37)25-14-6-7-15-26(25)32(35)38/h1-7,10-15,27-29H,8-9,16-21H2/t27-,28+,29-/m1/s1. The van der Waals surface area contributed by atoms with Gasteiger partial charge < -0.3 is 9.64 Å². The van der Waals surface area contributed by atoms with Crippen LogP contribution >= 0.6 is 0 Å². The van der Waals surface area contributed by atoms with Crippen molar-refractivity contribution in [3.05, 3.63) is 107 Å².